The molecule has 0 bridgehead atoms. The number of alkyl halides is 1. The van der Waals surface area contributed by atoms with E-state index in [1.807, 2.05) is 12.3 Å². The minimum atomic E-state index is -1.44. The minimum Gasteiger partial charge on any atom is -0.479 e. The molecular formula is C12H15BrO3S. The predicted octanol–water partition coefficient (Wildman–Crippen LogP) is 2.85. The topological polar surface area (TPSA) is 57.5 Å². The Morgan fingerprint density at radius 2 is 2.18 bits per heavy atom. The van der Waals surface area contributed by atoms with Gasteiger partial charge in [0.2, 0.25) is 0 Å². The van der Waals surface area contributed by atoms with Crippen LogP contribution in [0.5, 0.6) is 0 Å². The molecule has 5 heteroatoms. The molecule has 1 atom stereocenters. The third-order valence-electron chi connectivity index (χ3n) is 2.37. The summed E-state index contributed by atoms with van der Waals surface area (Å²) in [5, 5.41) is 19.3. The first kappa shape index (κ1) is 14.5. The van der Waals surface area contributed by atoms with E-state index in [1.165, 1.54) is 0 Å². The summed E-state index contributed by atoms with van der Waals surface area (Å²) in [6.45, 7) is 0. The number of aryl methyl sites for hydroxylation is 1. The molecule has 3 nitrogen and oxygen atoms in total. The smallest absolute Gasteiger partial charge is 0.337 e. The molecule has 0 heterocycles. The molecule has 0 amide bonds. The fourth-order valence-electron chi connectivity index (χ4n) is 1.52. The fourth-order valence-corrected chi connectivity index (χ4v) is 2.32. The van der Waals surface area contributed by atoms with Gasteiger partial charge >= 0.3 is 5.97 Å². The number of carbonyl (C=O) groups is 1. The standard InChI is InChI=1S/C12H15BrO3S/c1-17-10-6-8(3-2-4-13)5-9(7-10)11(14)12(15)16/h5-7,11,14H,2-4H2,1H3,(H,15,16). The molecule has 1 aromatic rings. The third-order valence-corrected chi connectivity index (χ3v) is 3.64. The molecule has 0 fully saturated rings. The average molecular weight is 319 g/mol. The second-order valence-corrected chi connectivity index (χ2v) is 5.32. The molecule has 94 valence electrons. The zero-order valence-corrected chi connectivity index (χ0v) is 11.9. The molecule has 0 aliphatic rings. The van der Waals surface area contributed by atoms with Crippen LogP contribution in [0.3, 0.4) is 0 Å². The zero-order chi connectivity index (χ0) is 12.8. The summed E-state index contributed by atoms with van der Waals surface area (Å²) in [6, 6.07) is 5.52. The van der Waals surface area contributed by atoms with Crippen LogP contribution in [0.1, 0.15) is 23.7 Å². The lowest BCUT2D eigenvalue weighted by atomic mass is 10.0. The van der Waals surface area contributed by atoms with E-state index in [4.69, 9.17) is 5.11 Å². The Balaban J connectivity index is 3.00. The van der Waals surface area contributed by atoms with Crippen molar-refractivity contribution in [3.63, 3.8) is 0 Å². The van der Waals surface area contributed by atoms with Crippen LogP contribution in [0.4, 0.5) is 0 Å². The summed E-state index contributed by atoms with van der Waals surface area (Å²) in [6.07, 6.45) is 2.35. The Kier molecular flexibility index (Phi) is 6.02. The maximum atomic E-state index is 10.8. The lowest BCUT2D eigenvalue weighted by molar-refractivity contribution is -0.146. The Hall–Kier alpha value is -0.520. The van der Waals surface area contributed by atoms with Gasteiger partial charge in [-0.25, -0.2) is 4.79 Å². The number of halogens is 1. The molecule has 0 aliphatic heterocycles. The first-order chi connectivity index (χ1) is 8.08. The molecule has 1 aromatic carbocycles. The normalized spacial score (nSPS) is 12.4. The van der Waals surface area contributed by atoms with Crippen LogP contribution >= 0.6 is 27.7 Å². The number of aliphatic hydroxyl groups excluding tert-OH is 1. The number of thioether (sulfide) groups is 1. The molecule has 0 radical (unpaired) electrons. The summed E-state index contributed by atoms with van der Waals surface area (Å²) in [5.74, 6) is -1.21. The Morgan fingerprint density at radius 1 is 1.47 bits per heavy atom. The molecule has 0 saturated carbocycles. The SMILES string of the molecule is CSc1cc(CCCBr)cc(C(O)C(=O)O)c1. The van der Waals surface area contributed by atoms with Crippen LogP contribution in [0.15, 0.2) is 23.1 Å². The number of hydrogen-bond donors (Lipinski definition) is 2. The average Bonchev–Trinajstić information content (AvgIpc) is 2.34. The van der Waals surface area contributed by atoms with Gasteiger partial charge in [0.25, 0.3) is 0 Å². The molecule has 0 saturated heterocycles. The molecule has 2 N–H and O–H groups in total. The highest BCUT2D eigenvalue weighted by Crippen LogP contribution is 2.24. The number of carboxylic acids is 1. The third kappa shape index (κ3) is 4.33. The second kappa shape index (κ2) is 7.03. The highest BCUT2D eigenvalue weighted by Gasteiger charge is 2.17. The van der Waals surface area contributed by atoms with Crippen LogP contribution in [0.2, 0.25) is 0 Å². The summed E-state index contributed by atoms with van der Waals surface area (Å²) in [7, 11) is 0. The number of aliphatic hydroxyl groups is 1. The minimum absolute atomic E-state index is 0.453. The van der Waals surface area contributed by atoms with Gasteiger partial charge in [0.1, 0.15) is 0 Å². The van der Waals surface area contributed by atoms with Crippen LogP contribution in [0, 0.1) is 0 Å². The van der Waals surface area contributed by atoms with Gasteiger partial charge in [-0.3, -0.25) is 0 Å². The Labute approximate surface area is 113 Å². The van der Waals surface area contributed by atoms with Gasteiger partial charge < -0.3 is 10.2 Å². The first-order valence-electron chi connectivity index (χ1n) is 5.23. The highest BCUT2D eigenvalue weighted by molar-refractivity contribution is 9.09. The van der Waals surface area contributed by atoms with Crippen LogP contribution < -0.4 is 0 Å². The summed E-state index contributed by atoms with van der Waals surface area (Å²) in [5.41, 5.74) is 1.51. The predicted molar refractivity (Wildman–Crippen MR) is 72.9 cm³/mol. The Morgan fingerprint density at radius 3 is 2.71 bits per heavy atom. The maximum absolute atomic E-state index is 10.8. The number of rotatable bonds is 6. The number of benzene rings is 1. The second-order valence-electron chi connectivity index (χ2n) is 3.65. The number of carboxylic acid groups (broad SMARTS) is 1. The van der Waals surface area contributed by atoms with Gasteiger partial charge in [-0.1, -0.05) is 22.0 Å². The van der Waals surface area contributed by atoms with Gasteiger partial charge in [-0.15, -0.1) is 11.8 Å². The highest BCUT2D eigenvalue weighted by atomic mass is 79.9. The van der Waals surface area contributed by atoms with E-state index in [1.54, 1.807) is 23.9 Å². The van der Waals surface area contributed by atoms with Gasteiger partial charge in [0.15, 0.2) is 6.10 Å². The van der Waals surface area contributed by atoms with Gasteiger partial charge in [-0.2, -0.15) is 0 Å². The van der Waals surface area contributed by atoms with Crippen molar-refractivity contribution in [3.05, 3.63) is 29.3 Å². The summed E-state index contributed by atoms with van der Waals surface area (Å²) in [4.78, 5) is 11.7. The van der Waals surface area contributed by atoms with E-state index in [0.717, 1.165) is 28.6 Å². The van der Waals surface area contributed by atoms with E-state index in [9.17, 15) is 9.90 Å². The Bertz CT molecular complexity index is 395. The van der Waals surface area contributed by atoms with Gasteiger partial charge in [0.05, 0.1) is 0 Å². The van der Waals surface area contributed by atoms with Crippen molar-refractivity contribution in [1.82, 2.24) is 0 Å². The number of aliphatic carboxylic acids is 1. The monoisotopic (exact) mass is 318 g/mol. The van der Waals surface area contributed by atoms with Crippen LogP contribution in [-0.4, -0.2) is 27.8 Å². The maximum Gasteiger partial charge on any atom is 0.337 e. The lowest BCUT2D eigenvalue weighted by Gasteiger charge is -2.10. The molecule has 0 aromatic heterocycles. The van der Waals surface area contributed by atoms with E-state index >= 15 is 0 Å². The lowest BCUT2D eigenvalue weighted by Crippen LogP contribution is -2.11. The van der Waals surface area contributed by atoms with E-state index < -0.39 is 12.1 Å². The van der Waals surface area contributed by atoms with Crippen molar-refractivity contribution in [2.24, 2.45) is 0 Å². The summed E-state index contributed by atoms with van der Waals surface area (Å²) >= 11 is 4.91. The van der Waals surface area contributed by atoms with E-state index in [2.05, 4.69) is 15.9 Å². The molecule has 0 aliphatic carbocycles. The molecular weight excluding hydrogens is 304 g/mol. The van der Waals surface area contributed by atoms with Gasteiger partial charge in [0, 0.05) is 10.2 Å². The van der Waals surface area contributed by atoms with Crippen molar-refractivity contribution in [2.45, 2.75) is 23.8 Å². The van der Waals surface area contributed by atoms with Crippen molar-refractivity contribution in [1.29, 1.82) is 0 Å². The number of hydrogen-bond acceptors (Lipinski definition) is 3. The molecule has 17 heavy (non-hydrogen) atoms. The van der Waals surface area contributed by atoms with Crippen LogP contribution in [-0.2, 0) is 11.2 Å². The van der Waals surface area contributed by atoms with Crippen molar-refractivity contribution >= 4 is 33.7 Å². The zero-order valence-electron chi connectivity index (χ0n) is 9.52. The quantitative estimate of drug-likeness (QED) is 0.625. The first-order valence-corrected chi connectivity index (χ1v) is 7.57. The van der Waals surface area contributed by atoms with Crippen molar-refractivity contribution in [2.75, 3.05) is 11.6 Å². The fraction of sp³-hybridized carbons (Fsp3) is 0.417. The molecule has 1 rings (SSSR count). The van der Waals surface area contributed by atoms with E-state index in [-0.39, 0.29) is 0 Å². The van der Waals surface area contributed by atoms with Crippen molar-refractivity contribution in [3.8, 4) is 0 Å². The van der Waals surface area contributed by atoms with Gasteiger partial charge in [-0.05, 0) is 42.4 Å². The van der Waals surface area contributed by atoms with E-state index in [0.29, 0.717) is 5.56 Å². The molecule has 1 unspecified atom stereocenters. The summed E-state index contributed by atoms with van der Waals surface area (Å²) < 4.78 is 0. The van der Waals surface area contributed by atoms with Crippen LogP contribution in [0.25, 0.3) is 0 Å². The largest absolute Gasteiger partial charge is 0.479 e. The van der Waals surface area contributed by atoms with Crippen molar-refractivity contribution < 1.29 is 15.0 Å². The molecule has 0 spiro atoms.